The molecule has 1 atom stereocenters. The number of benzene rings is 8. The molecule has 288 valence electrons. The monoisotopic (exact) mass is 772 g/mol. The van der Waals surface area contributed by atoms with Crippen LogP contribution in [-0.2, 0) is 10.8 Å². The van der Waals surface area contributed by atoms with Crippen LogP contribution in [0.4, 0.5) is 0 Å². The molecule has 4 heteroatoms. The average Bonchev–Trinajstić information content (AvgIpc) is 3.95. The summed E-state index contributed by atoms with van der Waals surface area (Å²) in [6.45, 7) is 7.24. The van der Waals surface area contributed by atoms with Gasteiger partial charge in [0, 0.05) is 27.9 Å². The second-order valence-corrected chi connectivity index (χ2v) is 17.1. The molecule has 1 aliphatic carbocycles. The summed E-state index contributed by atoms with van der Waals surface area (Å²) in [5, 5.41) is 0. The van der Waals surface area contributed by atoms with E-state index in [0.29, 0.717) is 0 Å². The highest BCUT2D eigenvalue weighted by molar-refractivity contribution is 5.85. The molecule has 11 rings (SSSR count). The summed E-state index contributed by atoms with van der Waals surface area (Å²) in [6, 6.07) is 71.9. The summed E-state index contributed by atoms with van der Waals surface area (Å²) in [7, 11) is 0. The third-order valence-electron chi connectivity index (χ3n) is 12.8. The molecular formula is C56H44N4. The first-order valence-corrected chi connectivity index (χ1v) is 20.9. The Balaban J connectivity index is 0.874. The van der Waals surface area contributed by atoms with Crippen molar-refractivity contribution in [1.82, 2.24) is 19.1 Å². The predicted molar refractivity (Wildman–Crippen MR) is 248 cm³/mol. The van der Waals surface area contributed by atoms with Crippen LogP contribution in [0.5, 0.6) is 0 Å². The standard InChI is InChI=1S/C56H44N4/c1-55(2)37-56(3,44-31-26-39(27-32-44)38-22-24-42(25-23-38)54-58-49-18-10-12-20-51(49)59(54)45-16-8-5-9-17-45)47-35-30-43(36-48(47)55)40-28-33-46(34-29-40)60-52-21-13-11-19-50(52)57-53(60)41-14-6-4-7-15-41/h4-36H,37H2,1-3H3. The minimum atomic E-state index is -0.101. The maximum atomic E-state index is 5.07. The van der Waals surface area contributed by atoms with Crippen LogP contribution in [0.15, 0.2) is 200 Å². The fourth-order valence-electron chi connectivity index (χ4n) is 9.87. The van der Waals surface area contributed by atoms with Crippen LogP contribution < -0.4 is 0 Å². The van der Waals surface area contributed by atoms with Crippen LogP contribution in [0.2, 0.25) is 0 Å². The Morgan fingerprint density at radius 2 is 0.817 bits per heavy atom. The van der Waals surface area contributed by atoms with Gasteiger partial charge in [-0.2, -0.15) is 0 Å². The highest BCUT2D eigenvalue weighted by atomic mass is 15.1. The molecule has 0 bridgehead atoms. The van der Waals surface area contributed by atoms with Gasteiger partial charge in [0.05, 0.1) is 22.1 Å². The van der Waals surface area contributed by atoms with E-state index < -0.39 is 0 Å². The van der Waals surface area contributed by atoms with E-state index >= 15 is 0 Å². The molecule has 2 aromatic heterocycles. The lowest BCUT2D eigenvalue weighted by Gasteiger charge is -2.28. The zero-order chi connectivity index (χ0) is 40.4. The topological polar surface area (TPSA) is 35.6 Å². The highest BCUT2D eigenvalue weighted by Crippen LogP contribution is 2.53. The van der Waals surface area contributed by atoms with Gasteiger partial charge in [-0.05, 0) is 99.3 Å². The maximum absolute atomic E-state index is 5.07. The van der Waals surface area contributed by atoms with Crippen molar-refractivity contribution in [3.05, 3.63) is 217 Å². The quantitative estimate of drug-likeness (QED) is 0.162. The van der Waals surface area contributed by atoms with E-state index in [-0.39, 0.29) is 10.8 Å². The normalized spacial score (nSPS) is 15.7. The zero-order valence-corrected chi connectivity index (χ0v) is 34.0. The molecular weight excluding hydrogens is 729 g/mol. The van der Waals surface area contributed by atoms with E-state index in [4.69, 9.17) is 9.97 Å². The Hall–Kier alpha value is -7.30. The Kier molecular flexibility index (Phi) is 8.31. The van der Waals surface area contributed by atoms with E-state index in [1.165, 1.54) is 38.9 Å². The van der Waals surface area contributed by atoms with Gasteiger partial charge in [0.1, 0.15) is 11.6 Å². The molecule has 1 unspecified atom stereocenters. The molecule has 0 radical (unpaired) electrons. The number of fused-ring (bicyclic) bond motifs is 3. The maximum Gasteiger partial charge on any atom is 0.145 e. The van der Waals surface area contributed by atoms with Crippen molar-refractivity contribution in [1.29, 1.82) is 0 Å². The lowest BCUT2D eigenvalue weighted by atomic mass is 9.75. The third kappa shape index (κ3) is 5.90. The van der Waals surface area contributed by atoms with Gasteiger partial charge in [0.2, 0.25) is 0 Å². The van der Waals surface area contributed by atoms with Gasteiger partial charge in [-0.15, -0.1) is 0 Å². The van der Waals surface area contributed by atoms with Crippen molar-refractivity contribution < 1.29 is 0 Å². The van der Waals surface area contributed by atoms with Crippen LogP contribution in [0.25, 0.3) is 78.5 Å². The largest absolute Gasteiger partial charge is 0.292 e. The summed E-state index contributed by atoms with van der Waals surface area (Å²) < 4.78 is 4.53. The van der Waals surface area contributed by atoms with Gasteiger partial charge in [0.25, 0.3) is 0 Å². The molecule has 2 heterocycles. The number of nitrogens with zero attached hydrogens (tertiary/aromatic N) is 4. The first kappa shape index (κ1) is 35.8. The number of aromatic nitrogens is 4. The van der Waals surface area contributed by atoms with E-state index in [2.05, 4.69) is 230 Å². The summed E-state index contributed by atoms with van der Waals surface area (Å²) in [5.74, 6) is 1.89. The van der Waals surface area contributed by atoms with Gasteiger partial charge < -0.3 is 0 Å². The average molecular weight is 773 g/mol. The van der Waals surface area contributed by atoms with Gasteiger partial charge in [-0.3, -0.25) is 9.13 Å². The van der Waals surface area contributed by atoms with Gasteiger partial charge in [-0.25, -0.2) is 9.97 Å². The van der Waals surface area contributed by atoms with Crippen LogP contribution in [-0.4, -0.2) is 19.1 Å². The first-order valence-electron chi connectivity index (χ1n) is 20.9. The minimum absolute atomic E-state index is 0.0189. The summed E-state index contributed by atoms with van der Waals surface area (Å²) in [5.41, 5.74) is 17.6. The Labute approximate surface area is 351 Å². The molecule has 0 N–H and O–H groups in total. The molecule has 8 aromatic carbocycles. The summed E-state index contributed by atoms with van der Waals surface area (Å²) >= 11 is 0. The zero-order valence-electron chi connectivity index (χ0n) is 34.0. The summed E-state index contributed by atoms with van der Waals surface area (Å²) in [4.78, 5) is 10.1. The second kappa shape index (κ2) is 13.9. The van der Waals surface area contributed by atoms with E-state index in [1.54, 1.807) is 0 Å². The molecule has 0 amide bonds. The Morgan fingerprint density at radius 1 is 0.383 bits per heavy atom. The fourth-order valence-corrected chi connectivity index (χ4v) is 9.87. The smallest absolute Gasteiger partial charge is 0.145 e. The summed E-state index contributed by atoms with van der Waals surface area (Å²) in [6.07, 6.45) is 1.05. The lowest BCUT2D eigenvalue weighted by Crippen LogP contribution is -2.23. The number of hydrogen-bond acceptors (Lipinski definition) is 2. The number of imidazole rings is 2. The van der Waals surface area contributed by atoms with Crippen molar-refractivity contribution in [2.75, 3.05) is 0 Å². The van der Waals surface area contributed by atoms with Crippen LogP contribution in [0, 0.1) is 0 Å². The van der Waals surface area contributed by atoms with Gasteiger partial charge >= 0.3 is 0 Å². The molecule has 4 nitrogen and oxygen atoms in total. The molecule has 10 aromatic rings. The number of para-hydroxylation sites is 5. The van der Waals surface area contributed by atoms with Crippen molar-refractivity contribution in [2.45, 2.75) is 38.0 Å². The Bertz CT molecular complexity index is 3170. The molecule has 0 aliphatic heterocycles. The molecule has 60 heavy (non-hydrogen) atoms. The predicted octanol–water partition coefficient (Wildman–Crippen LogP) is 14.0. The SMILES string of the molecule is CC1(C)CC(C)(c2ccc(-c3ccc(-c4nc5ccccc5n4-c4ccccc4)cc3)cc2)c2ccc(-c3ccc(-n4c(-c5ccccc5)nc5ccccc54)cc3)cc21. The van der Waals surface area contributed by atoms with Crippen LogP contribution in [0.3, 0.4) is 0 Å². The molecule has 0 fully saturated rings. The Morgan fingerprint density at radius 3 is 1.42 bits per heavy atom. The van der Waals surface area contributed by atoms with Crippen molar-refractivity contribution >= 4 is 22.1 Å². The molecule has 0 saturated carbocycles. The second-order valence-electron chi connectivity index (χ2n) is 17.1. The molecule has 1 aliphatic rings. The van der Waals surface area contributed by atoms with Crippen LogP contribution >= 0.6 is 0 Å². The first-order chi connectivity index (χ1) is 29.3. The fraction of sp³-hybridized carbons (Fsp3) is 0.107. The molecule has 0 saturated heterocycles. The van der Waals surface area contributed by atoms with Crippen molar-refractivity contribution in [2.24, 2.45) is 0 Å². The van der Waals surface area contributed by atoms with Gasteiger partial charge in [-0.1, -0.05) is 172 Å². The highest BCUT2D eigenvalue weighted by Gasteiger charge is 2.45. The molecule has 0 spiro atoms. The number of rotatable bonds is 7. The third-order valence-corrected chi connectivity index (χ3v) is 12.8. The van der Waals surface area contributed by atoms with E-state index in [9.17, 15) is 0 Å². The van der Waals surface area contributed by atoms with Gasteiger partial charge in [0.15, 0.2) is 0 Å². The van der Waals surface area contributed by atoms with E-state index in [1.807, 2.05) is 0 Å². The minimum Gasteiger partial charge on any atom is -0.292 e. The van der Waals surface area contributed by atoms with Crippen LogP contribution in [0.1, 0.15) is 43.9 Å². The lowest BCUT2D eigenvalue weighted by molar-refractivity contribution is 0.425. The van der Waals surface area contributed by atoms with Crippen molar-refractivity contribution in [3.63, 3.8) is 0 Å². The van der Waals surface area contributed by atoms with E-state index in [0.717, 1.165) is 62.6 Å². The number of hydrogen-bond donors (Lipinski definition) is 0. The van der Waals surface area contributed by atoms with Crippen molar-refractivity contribution in [3.8, 4) is 56.4 Å².